The molecule has 0 bridgehead atoms. The number of benzene rings is 2. The number of alkyl halides is 3. The quantitative estimate of drug-likeness (QED) is 0.276. The van der Waals surface area contributed by atoms with Crippen LogP contribution in [0.3, 0.4) is 0 Å². The molecule has 180 valence electrons. The molecule has 1 N–H and O–H groups in total. The molecule has 3 aromatic heterocycles. The van der Waals surface area contributed by atoms with Gasteiger partial charge in [0, 0.05) is 28.9 Å². The second-order valence-electron chi connectivity index (χ2n) is 7.58. The number of nitrogens with one attached hydrogen (secondary N) is 1. The summed E-state index contributed by atoms with van der Waals surface area (Å²) in [5.74, 6) is -1.91. The molecule has 0 unspecified atom stereocenters. The van der Waals surface area contributed by atoms with Gasteiger partial charge in [-0.05, 0) is 48.5 Å². The fraction of sp³-hybridized carbons (Fsp3) is 0.0400. The van der Waals surface area contributed by atoms with Crippen LogP contribution in [0, 0.1) is 5.82 Å². The van der Waals surface area contributed by atoms with E-state index in [0.717, 1.165) is 28.7 Å². The number of halogens is 4. The average molecular weight is 509 g/mol. The average Bonchev–Trinajstić information content (AvgIpc) is 3.53. The predicted octanol–water partition coefficient (Wildman–Crippen LogP) is 6.47. The van der Waals surface area contributed by atoms with E-state index in [9.17, 15) is 22.4 Å². The van der Waals surface area contributed by atoms with Crippen LogP contribution in [-0.2, 0) is 6.18 Å². The molecule has 0 aliphatic rings. The van der Waals surface area contributed by atoms with Crippen molar-refractivity contribution in [3.8, 4) is 28.2 Å². The van der Waals surface area contributed by atoms with Crippen LogP contribution in [0.1, 0.15) is 16.1 Å². The summed E-state index contributed by atoms with van der Waals surface area (Å²) in [6.07, 6.45) is -1.57. The number of carbonyl (C=O) groups is 1. The van der Waals surface area contributed by atoms with Crippen LogP contribution in [-0.4, -0.2) is 25.7 Å². The number of pyridine rings is 1. The van der Waals surface area contributed by atoms with Crippen LogP contribution in [0.15, 0.2) is 84.5 Å². The third-order valence-corrected chi connectivity index (χ3v) is 5.97. The zero-order valence-corrected chi connectivity index (χ0v) is 19.0. The van der Waals surface area contributed by atoms with Gasteiger partial charge in [-0.1, -0.05) is 18.2 Å². The topological polar surface area (TPSA) is 72.7 Å². The Kier molecular flexibility index (Phi) is 6.06. The van der Waals surface area contributed by atoms with Gasteiger partial charge in [0.05, 0.1) is 22.6 Å². The van der Waals surface area contributed by atoms with Crippen LogP contribution >= 0.6 is 11.3 Å². The normalized spacial score (nSPS) is 11.4. The maximum Gasteiger partial charge on any atom is 0.419 e. The van der Waals surface area contributed by atoms with E-state index in [-0.39, 0.29) is 22.1 Å². The van der Waals surface area contributed by atoms with Crippen molar-refractivity contribution in [1.29, 1.82) is 0 Å². The number of hydrogen-bond donors (Lipinski definition) is 1. The molecule has 36 heavy (non-hydrogen) atoms. The molecule has 1 amide bonds. The first-order valence-electron chi connectivity index (χ1n) is 10.5. The van der Waals surface area contributed by atoms with Gasteiger partial charge in [-0.25, -0.2) is 14.1 Å². The number of amides is 1. The van der Waals surface area contributed by atoms with E-state index in [2.05, 4.69) is 20.4 Å². The van der Waals surface area contributed by atoms with Gasteiger partial charge in [-0.2, -0.15) is 18.3 Å². The van der Waals surface area contributed by atoms with E-state index >= 15 is 0 Å². The number of rotatable bonds is 5. The van der Waals surface area contributed by atoms with Crippen LogP contribution < -0.4 is 5.32 Å². The molecule has 6 nitrogen and oxygen atoms in total. The Morgan fingerprint density at radius 3 is 2.42 bits per heavy atom. The van der Waals surface area contributed by atoms with Gasteiger partial charge >= 0.3 is 6.18 Å². The third kappa shape index (κ3) is 4.73. The lowest BCUT2D eigenvalue weighted by atomic mass is 10.1. The molecule has 2 aromatic carbocycles. The summed E-state index contributed by atoms with van der Waals surface area (Å²) < 4.78 is 54.4. The molecule has 0 aliphatic carbocycles. The van der Waals surface area contributed by atoms with E-state index in [1.54, 1.807) is 35.3 Å². The van der Waals surface area contributed by atoms with Crippen molar-refractivity contribution in [2.75, 3.05) is 5.32 Å². The lowest BCUT2D eigenvalue weighted by molar-refractivity contribution is -0.139. The number of nitrogens with zero attached hydrogens (tertiary/aromatic N) is 4. The molecule has 11 heteroatoms. The van der Waals surface area contributed by atoms with Gasteiger partial charge in [0.1, 0.15) is 5.82 Å². The van der Waals surface area contributed by atoms with Gasteiger partial charge in [0.15, 0.2) is 10.8 Å². The Hall–Kier alpha value is -4.38. The van der Waals surface area contributed by atoms with Gasteiger partial charge in [-0.15, -0.1) is 11.3 Å². The third-order valence-electron chi connectivity index (χ3n) is 5.21. The van der Waals surface area contributed by atoms with Crippen molar-refractivity contribution in [2.45, 2.75) is 6.18 Å². The first-order valence-corrected chi connectivity index (χ1v) is 11.4. The molecule has 5 aromatic rings. The highest BCUT2D eigenvalue weighted by atomic mass is 32.1. The van der Waals surface area contributed by atoms with E-state index in [0.29, 0.717) is 11.8 Å². The maximum atomic E-state index is 13.6. The largest absolute Gasteiger partial charge is 0.419 e. The summed E-state index contributed by atoms with van der Waals surface area (Å²) in [7, 11) is 0. The van der Waals surface area contributed by atoms with E-state index in [4.69, 9.17) is 0 Å². The monoisotopic (exact) mass is 509 g/mol. The van der Waals surface area contributed by atoms with Gasteiger partial charge < -0.3 is 0 Å². The molecule has 0 saturated carbocycles. The van der Waals surface area contributed by atoms with E-state index in [1.807, 2.05) is 30.3 Å². The Bertz CT molecular complexity index is 1470. The molecule has 5 rings (SSSR count). The first-order chi connectivity index (χ1) is 17.3. The summed E-state index contributed by atoms with van der Waals surface area (Å²) in [4.78, 5) is 21.2. The van der Waals surface area contributed by atoms with E-state index < -0.39 is 23.5 Å². The minimum atomic E-state index is -4.84. The molecule has 0 atom stereocenters. The lowest BCUT2D eigenvalue weighted by Gasteiger charge is -2.09. The van der Waals surface area contributed by atoms with Gasteiger partial charge in [0.2, 0.25) is 0 Å². The molecule has 0 radical (unpaired) electrons. The lowest BCUT2D eigenvalue weighted by Crippen LogP contribution is -2.13. The van der Waals surface area contributed by atoms with E-state index in [1.165, 1.54) is 11.4 Å². The number of para-hydroxylation sites is 1. The minimum absolute atomic E-state index is 0.0776. The van der Waals surface area contributed by atoms with Gasteiger partial charge in [0.25, 0.3) is 5.91 Å². The van der Waals surface area contributed by atoms with Crippen LogP contribution in [0.5, 0.6) is 0 Å². The predicted molar refractivity (Wildman–Crippen MR) is 127 cm³/mol. The van der Waals surface area contributed by atoms with Crippen molar-refractivity contribution >= 4 is 22.4 Å². The van der Waals surface area contributed by atoms with Crippen LogP contribution in [0.2, 0.25) is 0 Å². The second-order valence-corrected chi connectivity index (χ2v) is 8.44. The standard InChI is InChI=1S/C25H15F4N5OS/c26-19-7-6-16(12-18(19)25(27,28)29)21-14-36-24(31-21)32-23(35)20-13-22(15-8-10-30-11-9-15)34(33-20)17-4-2-1-3-5-17/h1-14H,(H,31,32,35). The van der Waals surface area contributed by atoms with Crippen molar-refractivity contribution in [3.05, 3.63) is 102 Å². The van der Waals surface area contributed by atoms with Crippen molar-refractivity contribution < 1.29 is 22.4 Å². The zero-order valence-electron chi connectivity index (χ0n) is 18.2. The molecule has 0 aliphatic heterocycles. The van der Waals surface area contributed by atoms with Gasteiger partial charge in [-0.3, -0.25) is 15.1 Å². The molecule has 0 fully saturated rings. The van der Waals surface area contributed by atoms with Crippen molar-refractivity contribution in [1.82, 2.24) is 19.7 Å². The highest BCUT2D eigenvalue weighted by Gasteiger charge is 2.34. The molecule has 0 spiro atoms. The van der Waals surface area contributed by atoms with Crippen molar-refractivity contribution in [3.63, 3.8) is 0 Å². The summed E-state index contributed by atoms with van der Waals surface area (Å²) in [6.45, 7) is 0. The number of aromatic nitrogens is 4. The Labute approximate surface area is 205 Å². The number of thiazole rings is 1. The second kappa shape index (κ2) is 9.34. The Morgan fingerprint density at radius 2 is 1.69 bits per heavy atom. The molecular formula is C25H15F4N5OS. The number of carbonyl (C=O) groups excluding carboxylic acids is 1. The fourth-order valence-electron chi connectivity index (χ4n) is 3.51. The number of anilines is 1. The molecule has 0 saturated heterocycles. The smallest absolute Gasteiger partial charge is 0.296 e. The highest BCUT2D eigenvalue weighted by Crippen LogP contribution is 2.35. The Morgan fingerprint density at radius 1 is 0.944 bits per heavy atom. The summed E-state index contributed by atoms with van der Waals surface area (Å²) in [6, 6.07) is 17.1. The minimum Gasteiger partial charge on any atom is -0.296 e. The van der Waals surface area contributed by atoms with Crippen molar-refractivity contribution in [2.24, 2.45) is 0 Å². The maximum absolute atomic E-state index is 13.6. The summed E-state index contributed by atoms with van der Waals surface area (Å²) >= 11 is 1.03. The SMILES string of the molecule is O=C(Nc1nc(-c2ccc(F)c(C(F)(F)F)c2)cs1)c1cc(-c2ccncc2)n(-c2ccccc2)n1. The molecule has 3 heterocycles. The highest BCUT2D eigenvalue weighted by molar-refractivity contribution is 7.14. The van der Waals surface area contributed by atoms with Crippen LogP contribution in [0.4, 0.5) is 22.7 Å². The summed E-state index contributed by atoms with van der Waals surface area (Å²) in [5, 5.41) is 8.73. The first kappa shape index (κ1) is 23.4. The molecular weight excluding hydrogens is 494 g/mol. The van der Waals surface area contributed by atoms with Crippen LogP contribution in [0.25, 0.3) is 28.2 Å². The Balaban J connectivity index is 1.43. The zero-order chi connectivity index (χ0) is 25.3. The number of hydrogen-bond acceptors (Lipinski definition) is 5. The summed E-state index contributed by atoms with van der Waals surface area (Å²) in [5.41, 5.74) is 1.20. The fourth-order valence-corrected chi connectivity index (χ4v) is 4.23.